The Morgan fingerprint density at radius 3 is 2.94 bits per heavy atom. The zero-order valence-corrected chi connectivity index (χ0v) is 10.1. The number of esters is 1. The van der Waals surface area contributed by atoms with Crippen LogP contribution in [0.15, 0.2) is 11.6 Å². The number of hydrogen-bond acceptors (Lipinski definition) is 4. The van der Waals surface area contributed by atoms with Gasteiger partial charge in [-0.2, -0.15) is 0 Å². The maximum atomic E-state index is 11.1. The lowest BCUT2D eigenvalue weighted by Crippen LogP contribution is -2.26. The molecule has 92 valence electrons. The van der Waals surface area contributed by atoms with Crippen LogP contribution in [0.25, 0.3) is 0 Å². The summed E-state index contributed by atoms with van der Waals surface area (Å²) in [6, 6.07) is 0.131. The van der Waals surface area contributed by atoms with E-state index in [0.29, 0.717) is 6.61 Å². The first kappa shape index (κ1) is 13.2. The van der Waals surface area contributed by atoms with Gasteiger partial charge < -0.3 is 15.2 Å². The molecule has 0 aromatic carbocycles. The van der Waals surface area contributed by atoms with Gasteiger partial charge in [-0.05, 0) is 33.1 Å². The summed E-state index contributed by atoms with van der Waals surface area (Å²) in [6.07, 6.45) is 5.00. The molecule has 0 saturated heterocycles. The van der Waals surface area contributed by atoms with Crippen molar-refractivity contribution in [3.63, 3.8) is 0 Å². The topological polar surface area (TPSA) is 61.5 Å². The van der Waals surface area contributed by atoms with Gasteiger partial charge in [-0.15, -0.1) is 0 Å². The van der Waals surface area contributed by atoms with Gasteiger partial charge in [0, 0.05) is 6.04 Å². The Balaban J connectivity index is 2.24. The largest absolute Gasteiger partial charge is 0.464 e. The van der Waals surface area contributed by atoms with Crippen LogP contribution in [0, 0.1) is 0 Å². The van der Waals surface area contributed by atoms with Crippen molar-refractivity contribution >= 4 is 5.97 Å². The predicted molar refractivity (Wildman–Crippen MR) is 62.0 cm³/mol. The number of rotatable bonds is 5. The van der Waals surface area contributed by atoms with E-state index in [4.69, 9.17) is 15.2 Å². The summed E-state index contributed by atoms with van der Waals surface area (Å²) in [5.41, 5.74) is 7.08. The molecule has 4 nitrogen and oxygen atoms in total. The quantitative estimate of drug-likeness (QED) is 0.569. The third-order valence-corrected chi connectivity index (χ3v) is 2.72. The molecule has 2 atom stereocenters. The number of carbonyl (C=O) groups excluding carboxylic acids is 1. The molecule has 1 aliphatic rings. The minimum Gasteiger partial charge on any atom is -0.464 e. The van der Waals surface area contributed by atoms with E-state index in [0.717, 1.165) is 19.3 Å². The van der Waals surface area contributed by atoms with Gasteiger partial charge in [0.2, 0.25) is 0 Å². The molecule has 0 saturated carbocycles. The van der Waals surface area contributed by atoms with E-state index >= 15 is 0 Å². The van der Waals surface area contributed by atoms with Gasteiger partial charge in [0.05, 0.1) is 12.7 Å². The Morgan fingerprint density at radius 2 is 2.44 bits per heavy atom. The Bertz CT molecular complexity index is 261. The molecule has 0 spiro atoms. The van der Waals surface area contributed by atoms with Crippen LogP contribution in [-0.4, -0.2) is 31.3 Å². The fourth-order valence-corrected chi connectivity index (χ4v) is 1.78. The number of nitrogens with two attached hydrogens (primary N) is 1. The molecule has 0 fully saturated rings. The molecule has 0 bridgehead atoms. The molecule has 4 heteroatoms. The van der Waals surface area contributed by atoms with Crippen molar-refractivity contribution in [2.75, 3.05) is 13.2 Å². The second kappa shape index (κ2) is 6.66. The molecule has 0 aromatic heterocycles. The van der Waals surface area contributed by atoms with Crippen LogP contribution >= 0.6 is 0 Å². The fraction of sp³-hybridized carbons (Fsp3) is 0.750. The molecule has 0 heterocycles. The Kier molecular flexibility index (Phi) is 5.49. The van der Waals surface area contributed by atoms with Crippen LogP contribution in [0.4, 0.5) is 0 Å². The third kappa shape index (κ3) is 4.33. The molecule has 0 radical (unpaired) electrons. The second-order valence-electron chi connectivity index (χ2n) is 4.08. The number of hydrogen-bond donors (Lipinski definition) is 1. The Morgan fingerprint density at radius 1 is 1.69 bits per heavy atom. The van der Waals surface area contributed by atoms with Gasteiger partial charge >= 0.3 is 5.97 Å². The van der Waals surface area contributed by atoms with E-state index in [1.807, 2.05) is 6.92 Å². The van der Waals surface area contributed by atoms with Crippen LogP contribution in [0.1, 0.15) is 33.1 Å². The molecule has 1 aliphatic carbocycles. The summed E-state index contributed by atoms with van der Waals surface area (Å²) in [5, 5.41) is 0. The second-order valence-corrected chi connectivity index (χ2v) is 4.08. The van der Waals surface area contributed by atoms with Crippen molar-refractivity contribution in [2.45, 2.75) is 45.3 Å². The van der Waals surface area contributed by atoms with E-state index in [1.165, 1.54) is 5.57 Å². The van der Waals surface area contributed by atoms with E-state index in [1.54, 1.807) is 6.92 Å². The summed E-state index contributed by atoms with van der Waals surface area (Å²) in [7, 11) is 0. The van der Waals surface area contributed by atoms with Crippen LogP contribution in [0.3, 0.4) is 0 Å². The molecule has 2 N–H and O–H groups in total. The summed E-state index contributed by atoms with van der Waals surface area (Å²) in [6.45, 7) is 4.24. The third-order valence-electron chi connectivity index (χ3n) is 2.72. The van der Waals surface area contributed by atoms with Gasteiger partial charge in [-0.3, -0.25) is 0 Å². The SMILES string of the molecule is CCOC(=O)COC1CC=C(C(C)N)CC1. The standard InChI is InChI=1S/C12H21NO3/c1-3-15-12(14)8-16-11-6-4-10(5-7-11)9(2)13/h4,9,11H,3,5-8,13H2,1-2H3. The number of carbonyl (C=O) groups is 1. The zero-order chi connectivity index (χ0) is 12.0. The highest BCUT2D eigenvalue weighted by Gasteiger charge is 2.17. The predicted octanol–water partition coefficient (Wildman–Crippen LogP) is 1.39. The fourth-order valence-electron chi connectivity index (χ4n) is 1.78. The van der Waals surface area contributed by atoms with Crippen molar-refractivity contribution in [1.82, 2.24) is 0 Å². The minimum absolute atomic E-state index is 0.0554. The normalized spacial score (nSPS) is 22.4. The van der Waals surface area contributed by atoms with Gasteiger partial charge in [0.15, 0.2) is 0 Å². The van der Waals surface area contributed by atoms with Crippen molar-refractivity contribution in [3.05, 3.63) is 11.6 Å². The van der Waals surface area contributed by atoms with Crippen molar-refractivity contribution in [1.29, 1.82) is 0 Å². The van der Waals surface area contributed by atoms with Gasteiger partial charge in [0.1, 0.15) is 6.61 Å². The van der Waals surface area contributed by atoms with Gasteiger partial charge in [0.25, 0.3) is 0 Å². The number of ether oxygens (including phenoxy) is 2. The lowest BCUT2D eigenvalue weighted by molar-refractivity contribution is -0.150. The highest BCUT2D eigenvalue weighted by Crippen LogP contribution is 2.22. The molecule has 0 aliphatic heterocycles. The molecule has 0 amide bonds. The first-order chi connectivity index (χ1) is 7.63. The highest BCUT2D eigenvalue weighted by atomic mass is 16.6. The average Bonchev–Trinajstić information content (AvgIpc) is 2.27. The van der Waals surface area contributed by atoms with Crippen LogP contribution in [-0.2, 0) is 14.3 Å². The van der Waals surface area contributed by atoms with Crippen molar-refractivity contribution < 1.29 is 14.3 Å². The zero-order valence-electron chi connectivity index (χ0n) is 10.1. The van der Waals surface area contributed by atoms with E-state index in [-0.39, 0.29) is 24.7 Å². The smallest absolute Gasteiger partial charge is 0.332 e. The molecule has 1 rings (SSSR count). The summed E-state index contributed by atoms with van der Waals surface area (Å²) < 4.78 is 10.3. The maximum absolute atomic E-state index is 11.1. The summed E-state index contributed by atoms with van der Waals surface area (Å²) >= 11 is 0. The summed E-state index contributed by atoms with van der Waals surface area (Å²) in [4.78, 5) is 11.1. The van der Waals surface area contributed by atoms with Crippen LogP contribution in [0.5, 0.6) is 0 Å². The van der Waals surface area contributed by atoms with Crippen LogP contribution in [0.2, 0.25) is 0 Å². The van der Waals surface area contributed by atoms with Crippen molar-refractivity contribution in [3.8, 4) is 0 Å². The monoisotopic (exact) mass is 227 g/mol. The van der Waals surface area contributed by atoms with Crippen molar-refractivity contribution in [2.24, 2.45) is 5.73 Å². The lowest BCUT2D eigenvalue weighted by Gasteiger charge is -2.23. The average molecular weight is 227 g/mol. The summed E-state index contributed by atoms with van der Waals surface area (Å²) in [5.74, 6) is -0.288. The molecular weight excluding hydrogens is 206 g/mol. The molecule has 0 aromatic rings. The lowest BCUT2D eigenvalue weighted by atomic mass is 9.93. The van der Waals surface area contributed by atoms with E-state index < -0.39 is 0 Å². The first-order valence-electron chi connectivity index (χ1n) is 5.85. The Labute approximate surface area is 96.8 Å². The van der Waals surface area contributed by atoms with Gasteiger partial charge in [-0.1, -0.05) is 11.6 Å². The van der Waals surface area contributed by atoms with E-state index in [2.05, 4.69) is 6.08 Å². The first-order valence-corrected chi connectivity index (χ1v) is 5.85. The van der Waals surface area contributed by atoms with E-state index in [9.17, 15) is 4.79 Å². The van der Waals surface area contributed by atoms with Crippen LogP contribution < -0.4 is 5.73 Å². The molecular formula is C12H21NO3. The molecule has 16 heavy (non-hydrogen) atoms. The Hall–Kier alpha value is -0.870. The highest BCUT2D eigenvalue weighted by molar-refractivity contribution is 5.70. The maximum Gasteiger partial charge on any atom is 0.332 e. The minimum atomic E-state index is -0.288. The van der Waals surface area contributed by atoms with Gasteiger partial charge in [-0.25, -0.2) is 4.79 Å². The molecule has 2 unspecified atom stereocenters.